The molecule has 0 atom stereocenters. The van der Waals surface area contributed by atoms with Crippen molar-refractivity contribution in [1.82, 2.24) is 15.0 Å². The second-order valence-corrected chi connectivity index (χ2v) is 5.97. The van der Waals surface area contributed by atoms with Gasteiger partial charge in [0.15, 0.2) is 0 Å². The number of nitrogens with zero attached hydrogens (tertiary/aromatic N) is 3. The Hall–Kier alpha value is -1.73. The van der Waals surface area contributed by atoms with Crippen LogP contribution in [0, 0.1) is 3.70 Å². The number of hydrogen-bond donors (Lipinski definition) is 0. The Balaban J connectivity index is 1.59. The molecular weight excluding hydrogens is 389 g/mol. The first-order valence-electron chi connectivity index (χ1n) is 7.06. The maximum atomic E-state index is 5.73. The summed E-state index contributed by atoms with van der Waals surface area (Å²) in [5, 5.41) is 8.44. The van der Waals surface area contributed by atoms with E-state index < -0.39 is 0 Å². The minimum absolute atomic E-state index is 0.474. The second kappa shape index (κ2) is 7.51. The first-order chi connectivity index (χ1) is 10.8. The predicted molar refractivity (Wildman–Crippen MR) is 93.2 cm³/mol. The molecule has 0 aliphatic rings. The molecule has 0 saturated carbocycles. The number of halogens is 1. The molecule has 0 unspecified atom stereocenters. The molecule has 0 N–H and O–H groups in total. The molecule has 3 aromatic rings. The van der Waals surface area contributed by atoms with Crippen molar-refractivity contribution in [3.8, 4) is 0 Å². The molecule has 112 valence electrons. The Morgan fingerprint density at radius 3 is 2.18 bits per heavy atom. The van der Waals surface area contributed by atoms with Crippen molar-refractivity contribution in [2.75, 3.05) is 0 Å². The Morgan fingerprint density at radius 2 is 1.50 bits per heavy atom. The fourth-order valence-corrected chi connectivity index (χ4v) is 2.65. The van der Waals surface area contributed by atoms with Gasteiger partial charge in [0.1, 0.15) is 9.39 Å². The summed E-state index contributed by atoms with van der Waals surface area (Å²) in [6, 6.07) is 20.4. The second-order valence-electron chi connectivity index (χ2n) is 4.95. The van der Waals surface area contributed by atoms with Crippen LogP contribution in [-0.4, -0.2) is 15.0 Å². The molecule has 0 bridgehead atoms. The van der Waals surface area contributed by atoms with Crippen molar-refractivity contribution < 1.29 is 4.74 Å². The fraction of sp³-hybridized carbons (Fsp3) is 0.176. The van der Waals surface area contributed by atoms with Gasteiger partial charge in [-0.15, -0.1) is 5.10 Å². The first-order valence-corrected chi connectivity index (χ1v) is 8.14. The van der Waals surface area contributed by atoms with Crippen molar-refractivity contribution in [2.24, 2.45) is 0 Å². The van der Waals surface area contributed by atoms with E-state index in [-0.39, 0.29) is 0 Å². The lowest BCUT2D eigenvalue weighted by atomic mass is 10.2. The fourth-order valence-electron chi connectivity index (χ4n) is 2.12. The largest absolute Gasteiger partial charge is 0.370 e. The van der Waals surface area contributed by atoms with E-state index >= 15 is 0 Å². The number of ether oxygens (including phenoxy) is 1. The summed E-state index contributed by atoms with van der Waals surface area (Å²) >= 11 is 2.28. The molecule has 4 nitrogen and oxygen atoms in total. The van der Waals surface area contributed by atoms with E-state index in [1.165, 1.54) is 5.56 Å². The third-order valence-electron chi connectivity index (χ3n) is 3.26. The van der Waals surface area contributed by atoms with Crippen LogP contribution >= 0.6 is 22.6 Å². The summed E-state index contributed by atoms with van der Waals surface area (Å²) in [4.78, 5) is 0. The van der Waals surface area contributed by atoms with E-state index in [0.717, 1.165) is 21.5 Å². The van der Waals surface area contributed by atoms with Crippen LogP contribution in [0.1, 0.15) is 16.8 Å². The van der Waals surface area contributed by atoms with Crippen molar-refractivity contribution in [1.29, 1.82) is 0 Å². The van der Waals surface area contributed by atoms with Gasteiger partial charge in [0.05, 0.1) is 19.8 Å². The molecule has 22 heavy (non-hydrogen) atoms. The highest BCUT2D eigenvalue weighted by Crippen LogP contribution is 2.13. The van der Waals surface area contributed by atoms with Gasteiger partial charge in [0.25, 0.3) is 0 Å². The highest BCUT2D eigenvalue weighted by atomic mass is 127. The van der Waals surface area contributed by atoms with Crippen LogP contribution in [0.3, 0.4) is 0 Å². The van der Waals surface area contributed by atoms with Crippen LogP contribution in [0.4, 0.5) is 0 Å². The third kappa shape index (κ3) is 3.92. The van der Waals surface area contributed by atoms with Gasteiger partial charge in [0, 0.05) is 0 Å². The number of rotatable bonds is 6. The summed E-state index contributed by atoms with van der Waals surface area (Å²) in [7, 11) is 0. The zero-order chi connectivity index (χ0) is 15.2. The molecule has 1 aromatic heterocycles. The van der Waals surface area contributed by atoms with Crippen molar-refractivity contribution in [3.05, 3.63) is 81.2 Å². The maximum absolute atomic E-state index is 5.73. The van der Waals surface area contributed by atoms with Crippen LogP contribution in [0.25, 0.3) is 0 Å². The SMILES string of the molecule is Ic1c(COCc2ccccc2)nnn1Cc1ccccc1. The lowest BCUT2D eigenvalue weighted by molar-refractivity contribution is 0.104. The van der Waals surface area contributed by atoms with Crippen molar-refractivity contribution in [3.63, 3.8) is 0 Å². The van der Waals surface area contributed by atoms with Gasteiger partial charge >= 0.3 is 0 Å². The molecule has 0 aliphatic heterocycles. The smallest absolute Gasteiger partial charge is 0.125 e. The number of benzene rings is 2. The third-order valence-corrected chi connectivity index (χ3v) is 4.44. The average molecular weight is 405 g/mol. The zero-order valence-electron chi connectivity index (χ0n) is 12.0. The Labute approximate surface area is 143 Å². The molecule has 0 amide bonds. The molecule has 5 heteroatoms. The molecule has 3 rings (SSSR count). The molecule has 2 aromatic carbocycles. The average Bonchev–Trinajstić information content (AvgIpc) is 2.90. The van der Waals surface area contributed by atoms with Gasteiger partial charge < -0.3 is 4.74 Å². The highest BCUT2D eigenvalue weighted by Gasteiger charge is 2.10. The Morgan fingerprint density at radius 1 is 0.864 bits per heavy atom. The molecule has 0 fully saturated rings. The molecule has 0 aliphatic carbocycles. The number of hydrogen-bond acceptors (Lipinski definition) is 3. The summed E-state index contributed by atoms with van der Waals surface area (Å²) in [6.07, 6.45) is 0. The minimum atomic E-state index is 0.474. The van der Waals surface area contributed by atoms with Crippen LogP contribution in [0.2, 0.25) is 0 Å². The monoisotopic (exact) mass is 405 g/mol. The Kier molecular flexibility index (Phi) is 5.18. The van der Waals surface area contributed by atoms with E-state index in [4.69, 9.17) is 4.74 Å². The summed E-state index contributed by atoms with van der Waals surface area (Å²) in [5.74, 6) is 0. The standard InChI is InChI=1S/C17H16IN3O/c18-17-16(13-22-12-15-9-5-2-6-10-15)19-20-21(17)11-14-7-3-1-4-8-14/h1-10H,11-13H2. The Bertz CT molecular complexity index is 713. The predicted octanol–water partition coefficient (Wildman–Crippen LogP) is 3.65. The maximum Gasteiger partial charge on any atom is 0.125 e. The molecule has 0 spiro atoms. The minimum Gasteiger partial charge on any atom is -0.370 e. The number of aromatic nitrogens is 3. The van der Waals surface area contributed by atoms with E-state index in [1.54, 1.807) is 0 Å². The molecule has 1 heterocycles. The van der Waals surface area contributed by atoms with Gasteiger partial charge in [-0.05, 0) is 33.7 Å². The summed E-state index contributed by atoms with van der Waals surface area (Å²) in [6.45, 7) is 1.79. The van der Waals surface area contributed by atoms with E-state index in [9.17, 15) is 0 Å². The molecule has 0 radical (unpaired) electrons. The van der Waals surface area contributed by atoms with Crippen LogP contribution in [0.5, 0.6) is 0 Å². The normalized spacial score (nSPS) is 10.8. The van der Waals surface area contributed by atoms with Gasteiger partial charge in [-0.25, -0.2) is 4.68 Å². The zero-order valence-corrected chi connectivity index (χ0v) is 14.2. The van der Waals surface area contributed by atoms with Gasteiger partial charge in [-0.3, -0.25) is 0 Å². The van der Waals surface area contributed by atoms with Gasteiger partial charge in [0.2, 0.25) is 0 Å². The van der Waals surface area contributed by atoms with Gasteiger partial charge in [-0.2, -0.15) is 0 Å². The van der Waals surface area contributed by atoms with E-state index in [2.05, 4.69) is 57.2 Å². The van der Waals surface area contributed by atoms with Crippen LogP contribution < -0.4 is 0 Å². The van der Waals surface area contributed by atoms with E-state index in [0.29, 0.717) is 13.2 Å². The molecular formula is C17H16IN3O. The van der Waals surface area contributed by atoms with Crippen LogP contribution in [0.15, 0.2) is 60.7 Å². The van der Waals surface area contributed by atoms with E-state index in [1.807, 2.05) is 41.1 Å². The van der Waals surface area contributed by atoms with Crippen LogP contribution in [-0.2, 0) is 24.5 Å². The lowest BCUT2D eigenvalue weighted by Crippen LogP contribution is -2.04. The van der Waals surface area contributed by atoms with Crippen molar-refractivity contribution >= 4 is 22.6 Å². The lowest BCUT2D eigenvalue weighted by Gasteiger charge is -2.04. The first kappa shape index (κ1) is 15.2. The summed E-state index contributed by atoms with van der Waals surface area (Å²) < 4.78 is 8.65. The topological polar surface area (TPSA) is 39.9 Å². The highest BCUT2D eigenvalue weighted by molar-refractivity contribution is 14.1. The quantitative estimate of drug-likeness (QED) is 0.588. The molecule has 0 saturated heterocycles. The summed E-state index contributed by atoms with van der Waals surface area (Å²) in [5.41, 5.74) is 3.25. The van der Waals surface area contributed by atoms with Crippen molar-refractivity contribution in [2.45, 2.75) is 19.8 Å². The van der Waals surface area contributed by atoms with Gasteiger partial charge in [-0.1, -0.05) is 65.9 Å².